The minimum absolute atomic E-state index is 0.0819. The lowest BCUT2D eigenvalue weighted by molar-refractivity contribution is 0.270. The zero-order valence-corrected chi connectivity index (χ0v) is 23.6. The van der Waals surface area contributed by atoms with Crippen molar-refractivity contribution in [1.29, 1.82) is 0 Å². The fourth-order valence-electron chi connectivity index (χ4n) is 7.28. The number of fused-ring (bicyclic) bond motifs is 6. The van der Waals surface area contributed by atoms with E-state index < -0.39 is 0 Å². The second kappa shape index (κ2) is 9.58. The van der Waals surface area contributed by atoms with Gasteiger partial charge in [0.1, 0.15) is 11.9 Å². The highest BCUT2D eigenvalue weighted by atomic mass is 16.5. The number of rotatable bonds is 3. The first kappa shape index (κ1) is 24.2. The summed E-state index contributed by atoms with van der Waals surface area (Å²) in [5, 5.41) is 7.62. The van der Waals surface area contributed by atoms with Gasteiger partial charge < -0.3 is 4.74 Å². The number of benzene rings is 7. The van der Waals surface area contributed by atoms with Crippen molar-refractivity contribution in [3.05, 3.63) is 163 Å². The van der Waals surface area contributed by atoms with E-state index in [9.17, 15) is 0 Å². The van der Waals surface area contributed by atoms with Crippen molar-refractivity contribution in [1.82, 2.24) is 0 Å². The van der Waals surface area contributed by atoms with Gasteiger partial charge in [0.25, 0.3) is 0 Å². The maximum absolute atomic E-state index is 6.47. The third kappa shape index (κ3) is 3.72. The lowest BCUT2D eigenvalue weighted by Gasteiger charge is -2.19. The molecule has 9 rings (SSSR count). The second-order valence-electron chi connectivity index (χ2n) is 11.5. The number of hydrogen-bond acceptors (Lipinski definition) is 1. The van der Waals surface area contributed by atoms with Gasteiger partial charge in [0.2, 0.25) is 0 Å². The number of hydrogen-bond donors (Lipinski definition) is 0. The molecule has 2 aliphatic rings. The normalized spacial score (nSPS) is 16.8. The van der Waals surface area contributed by atoms with E-state index in [1.807, 2.05) is 0 Å². The van der Waals surface area contributed by atoms with Gasteiger partial charge in [-0.1, -0.05) is 152 Å². The molecule has 2 atom stereocenters. The Kier molecular flexibility index (Phi) is 5.39. The standard InChI is InChI=1S/C42H28O/c1-2-13-30-27(11-1)12-9-20-33(30)41-36-17-5-3-15-34(36)40(35-16-4-6-18-37(35)41)29-25-23-28(24-26-29)31-19-10-21-38-32-14-7-8-22-39(32)43-42(31)38/h1-26,32,39H. The molecule has 1 aliphatic carbocycles. The van der Waals surface area contributed by atoms with Gasteiger partial charge in [0, 0.05) is 17.0 Å². The van der Waals surface area contributed by atoms with Crippen LogP contribution in [0.5, 0.6) is 5.75 Å². The largest absolute Gasteiger partial charge is 0.484 e. The van der Waals surface area contributed by atoms with Crippen LogP contribution in [0, 0.1) is 0 Å². The van der Waals surface area contributed by atoms with Crippen LogP contribution in [0.15, 0.2) is 158 Å². The summed E-state index contributed by atoms with van der Waals surface area (Å²) < 4.78 is 6.47. The van der Waals surface area contributed by atoms with Crippen molar-refractivity contribution >= 4 is 32.3 Å². The van der Waals surface area contributed by atoms with Crippen LogP contribution in [0.25, 0.3) is 65.7 Å². The Morgan fingerprint density at radius 2 is 0.977 bits per heavy atom. The molecule has 1 heterocycles. The Balaban J connectivity index is 1.24. The molecule has 0 radical (unpaired) electrons. The van der Waals surface area contributed by atoms with Gasteiger partial charge in [0.05, 0.1) is 0 Å². The Morgan fingerprint density at radius 1 is 0.419 bits per heavy atom. The van der Waals surface area contributed by atoms with E-state index in [-0.39, 0.29) is 12.0 Å². The Hall–Kier alpha value is -5.40. The number of ether oxygens (including phenoxy) is 1. The summed E-state index contributed by atoms with van der Waals surface area (Å²) in [7, 11) is 0. The van der Waals surface area contributed by atoms with Crippen LogP contribution in [-0.4, -0.2) is 6.10 Å². The van der Waals surface area contributed by atoms with Crippen LogP contribution in [-0.2, 0) is 0 Å². The summed E-state index contributed by atoms with van der Waals surface area (Å²) in [6, 6.07) is 48.7. The lowest BCUT2D eigenvalue weighted by atomic mass is 9.84. The van der Waals surface area contributed by atoms with Crippen molar-refractivity contribution < 1.29 is 4.74 Å². The summed E-state index contributed by atoms with van der Waals surface area (Å²) in [5.74, 6) is 1.30. The second-order valence-corrected chi connectivity index (χ2v) is 11.5. The summed E-state index contributed by atoms with van der Waals surface area (Å²) in [6.07, 6.45) is 8.71. The van der Waals surface area contributed by atoms with Gasteiger partial charge in [-0.05, 0) is 66.2 Å². The number of allylic oxidation sites excluding steroid dienone is 2. The topological polar surface area (TPSA) is 9.23 Å². The Morgan fingerprint density at radius 3 is 1.72 bits per heavy atom. The van der Waals surface area contributed by atoms with E-state index in [1.54, 1.807) is 0 Å². The quantitative estimate of drug-likeness (QED) is 0.200. The molecule has 7 aromatic rings. The highest BCUT2D eigenvalue weighted by Crippen LogP contribution is 2.48. The van der Waals surface area contributed by atoms with Crippen molar-refractivity contribution in [3.63, 3.8) is 0 Å². The van der Waals surface area contributed by atoms with Gasteiger partial charge >= 0.3 is 0 Å². The summed E-state index contributed by atoms with van der Waals surface area (Å²) in [6.45, 7) is 0. The molecule has 0 spiro atoms. The summed E-state index contributed by atoms with van der Waals surface area (Å²) in [4.78, 5) is 0. The fourth-order valence-corrected chi connectivity index (χ4v) is 7.28. The van der Waals surface area contributed by atoms with Crippen LogP contribution in [0.2, 0.25) is 0 Å². The van der Waals surface area contributed by atoms with E-state index in [0.717, 1.165) is 11.3 Å². The molecule has 202 valence electrons. The molecule has 0 amide bonds. The van der Waals surface area contributed by atoms with Crippen LogP contribution >= 0.6 is 0 Å². The Labute approximate surface area is 251 Å². The first-order chi connectivity index (χ1) is 21.3. The van der Waals surface area contributed by atoms with Crippen LogP contribution < -0.4 is 4.74 Å². The maximum Gasteiger partial charge on any atom is 0.132 e. The molecule has 43 heavy (non-hydrogen) atoms. The average Bonchev–Trinajstić information content (AvgIpc) is 3.46. The summed E-state index contributed by atoms with van der Waals surface area (Å²) >= 11 is 0. The number of para-hydroxylation sites is 1. The maximum atomic E-state index is 6.47. The minimum atomic E-state index is 0.0819. The molecule has 7 aromatic carbocycles. The average molecular weight is 549 g/mol. The molecule has 0 aromatic heterocycles. The zero-order chi connectivity index (χ0) is 28.3. The van der Waals surface area contributed by atoms with Gasteiger partial charge in [0.15, 0.2) is 0 Å². The molecule has 1 nitrogen and oxygen atoms in total. The van der Waals surface area contributed by atoms with E-state index in [2.05, 4.69) is 158 Å². The molecule has 1 aliphatic heterocycles. The third-order valence-corrected chi connectivity index (χ3v) is 9.22. The molecule has 0 saturated carbocycles. The van der Waals surface area contributed by atoms with E-state index in [0.29, 0.717) is 0 Å². The third-order valence-electron chi connectivity index (χ3n) is 9.22. The molecule has 0 saturated heterocycles. The van der Waals surface area contributed by atoms with Crippen LogP contribution in [0.1, 0.15) is 11.5 Å². The first-order valence-corrected chi connectivity index (χ1v) is 15.0. The predicted octanol–water partition coefficient (Wildman–Crippen LogP) is 11.1. The van der Waals surface area contributed by atoms with Gasteiger partial charge in [-0.15, -0.1) is 0 Å². The fraction of sp³-hybridized carbons (Fsp3) is 0.0476. The van der Waals surface area contributed by atoms with Crippen LogP contribution in [0.3, 0.4) is 0 Å². The molecule has 1 heteroatoms. The zero-order valence-electron chi connectivity index (χ0n) is 23.6. The van der Waals surface area contributed by atoms with Gasteiger partial charge in [-0.25, -0.2) is 0 Å². The first-order valence-electron chi connectivity index (χ1n) is 15.0. The molecule has 0 N–H and O–H groups in total. The lowest BCUT2D eigenvalue weighted by Crippen LogP contribution is -2.15. The molecule has 0 fully saturated rings. The van der Waals surface area contributed by atoms with E-state index in [4.69, 9.17) is 4.74 Å². The van der Waals surface area contributed by atoms with Gasteiger partial charge in [-0.3, -0.25) is 0 Å². The summed E-state index contributed by atoms with van der Waals surface area (Å²) in [5.41, 5.74) is 8.66. The van der Waals surface area contributed by atoms with Crippen molar-refractivity contribution in [2.45, 2.75) is 12.0 Å². The molecule has 0 bridgehead atoms. The monoisotopic (exact) mass is 548 g/mol. The predicted molar refractivity (Wildman–Crippen MR) is 181 cm³/mol. The molecular formula is C42H28O. The van der Waals surface area contributed by atoms with Gasteiger partial charge in [-0.2, -0.15) is 0 Å². The van der Waals surface area contributed by atoms with E-state index in [1.165, 1.54) is 65.7 Å². The SMILES string of the molecule is C1=CC2Oc3c(-c4ccc(-c5c6ccccc6c(-c6cccc7ccccc67)c6ccccc56)cc4)cccc3C2C=C1. The van der Waals surface area contributed by atoms with Crippen molar-refractivity contribution in [3.8, 4) is 39.1 Å². The molecule has 2 unspecified atom stereocenters. The highest BCUT2D eigenvalue weighted by molar-refractivity contribution is 6.23. The van der Waals surface area contributed by atoms with Crippen LogP contribution in [0.4, 0.5) is 0 Å². The highest BCUT2D eigenvalue weighted by Gasteiger charge is 2.33. The smallest absolute Gasteiger partial charge is 0.132 e. The van der Waals surface area contributed by atoms with E-state index >= 15 is 0 Å². The minimum Gasteiger partial charge on any atom is -0.484 e. The van der Waals surface area contributed by atoms with Crippen molar-refractivity contribution in [2.75, 3.05) is 0 Å². The van der Waals surface area contributed by atoms with Crippen molar-refractivity contribution in [2.24, 2.45) is 0 Å². The Bertz CT molecular complexity index is 2210. The molecular weight excluding hydrogens is 520 g/mol.